The lowest BCUT2D eigenvalue weighted by atomic mass is 9.94. The number of amides is 1. The number of nitrogens with zero attached hydrogens (tertiary/aromatic N) is 2. The van der Waals surface area contributed by atoms with E-state index in [1.165, 1.54) is 12.0 Å². The normalized spacial score (nSPS) is 16.8. The van der Waals surface area contributed by atoms with E-state index in [2.05, 4.69) is 25.7 Å². The second-order valence-corrected chi connectivity index (χ2v) is 9.16. The van der Waals surface area contributed by atoms with Crippen molar-refractivity contribution in [2.75, 3.05) is 30.0 Å². The first kappa shape index (κ1) is 26.0. The molecule has 37 heavy (non-hydrogen) atoms. The molecule has 0 spiro atoms. The van der Waals surface area contributed by atoms with Gasteiger partial charge in [-0.1, -0.05) is 42.8 Å². The average Bonchev–Trinajstić information content (AvgIpc) is 3.19. The monoisotopic (exact) mass is 498 g/mol. The van der Waals surface area contributed by atoms with E-state index in [9.17, 15) is 14.7 Å². The number of aliphatic hydroxyl groups is 1. The third-order valence-electron chi connectivity index (χ3n) is 7.01. The van der Waals surface area contributed by atoms with E-state index in [1.807, 2.05) is 61.5 Å². The summed E-state index contributed by atoms with van der Waals surface area (Å²) in [5.74, 6) is -1.21. The quantitative estimate of drug-likeness (QED) is 0.233. The highest BCUT2D eigenvalue weighted by atomic mass is 16.5. The number of methoxy groups -OCH3 is 1. The molecule has 3 aromatic rings. The van der Waals surface area contributed by atoms with Crippen molar-refractivity contribution >= 4 is 28.8 Å². The standard InChI is InChI=1S/C31H34N2O4/c1-6-21-10-14-24(15-11-21)33-28(22-12-16-23(17-13-22)32(7-2)8-3)27(30(35)31(33)36)29(34)25-19-20(4)9-18-26(25)37-5/h9-19,28,34H,6-8H2,1-5H3/b29-27+. The smallest absolute Gasteiger partial charge is 0.300 e. The Hall–Kier alpha value is -4.06. The van der Waals surface area contributed by atoms with Crippen LogP contribution in [0.15, 0.2) is 72.3 Å². The highest BCUT2D eigenvalue weighted by Crippen LogP contribution is 2.43. The van der Waals surface area contributed by atoms with Gasteiger partial charge in [-0.05, 0) is 74.7 Å². The van der Waals surface area contributed by atoms with Crippen LogP contribution >= 0.6 is 0 Å². The predicted octanol–water partition coefficient (Wildman–Crippen LogP) is 6.04. The second-order valence-electron chi connectivity index (χ2n) is 9.16. The summed E-state index contributed by atoms with van der Waals surface area (Å²) in [6.45, 7) is 9.89. The van der Waals surface area contributed by atoms with E-state index in [4.69, 9.17) is 4.74 Å². The van der Waals surface area contributed by atoms with Crippen molar-refractivity contribution in [1.82, 2.24) is 0 Å². The maximum Gasteiger partial charge on any atom is 0.300 e. The van der Waals surface area contributed by atoms with Crippen LogP contribution in [0.4, 0.5) is 11.4 Å². The van der Waals surface area contributed by atoms with Crippen molar-refractivity contribution in [3.63, 3.8) is 0 Å². The van der Waals surface area contributed by atoms with Gasteiger partial charge in [-0.15, -0.1) is 0 Å². The number of rotatable bonds is 8. The lowest BCUT2D eigenvalue weighted by Crippen LogP contribution is -2.29. The molecule has 6 nitrogen and oxygen atoms in total. The van der Waals surface area contributed by atoms with Gasteiger partial charge in [-0.3, -0.25) is 14.5 Å². The molecular weight excluding hydrogens is 464 g/mol. The van der Waals surface area contributed by atoms with Gasteiger partial charge in [0, 0.05) is 24.5 Å². The number of ketones is 1. The Kier molecular flexibility index (Phi) is 7.67. The summed E-state index contributed by atoms with van der Waals surface area (Å²) in [5, 5.41) is 11.5. The van der Waals surface area contributed by atoms with Crippen molar-refractivity contribution < 1.29 is 19.4 Å². The number of ether oxygens (including phenoxy) is 1. The van der Waals surface area contributed by atoms with Crippen molar-refractivity contribution in [3.05, 3.63) is 94.6 Å². The highest BCUT2D eigenvalue weighted by molar-refractivity contribution is 6.51. The Labute approximate surface area is 218 Å². The Morgan fingerprint density at radius 2 is 1.59 bits per heavy atom. The molecule has 0 saturated carbocycles. The van der Waals surface area contributed by atoms with E-state index in [0.717, 1.165) is 41.9 Å². The third-order valence-corrected chi connectivity index (χ3v) is 7.01. The number of Topliss-reactive ketones (excluding diaryl/α,β-unsaturated/α-hetero) is 1. The molecule has 6 heteroatoms. The van der Waals surface area contributed by atoms with Crippen LogP contribution in [0.5, 0.6) is 5.75 Å². The van der Waals surface area contributed by atoms with Crippen LogP contribution in [0.25, 0.3) is 5.76 Å². The molecule has 1 aliphatic rings. The Morgan fingerprint density at radius 1 is 0.946 bits per heavy atom. The SMILES string of the molecule is CCc1ccc(N2C(=O)C(=O)/C(=C(/O)c3cc(C)ccc3OC)C2c2ccc(N(CC)CC)cc2)cc1. The molecule has 192 valence electrons. The fourth-order valence-electron chi connectivity index (χ4n) is 4.91. The molecule has 1 saturated heterocycles. The number of carbonyl (C=O) groups excluding carboxylic acids is 2. The van der Waals surface area contributed by atoms with Gasteiger partial charge in [0.05, 0.1) is 24.3 Å². The van der Waals surface area contributed by atoms with Crippen LogP contribution in [0.2, 0.25) is 0 Å². The van der Waals surface area contributed by atoms with Gasteiger partial charge in [-0.25, -0.2) is 0 Å². The Morgan fingerprint density at radius 3 is 2.16 bits per heavy atom. The summed E-state index contributed by atoms with van der Waals surface area (Å²) in [5.41, 5.74) is 4.85. The summed E-state index contributed by atoms with van der Waals surface area (Å²) in [7, 11) is 1.51. The molecule has 0 aromatic heterocycles. The minimum absolute atomic E-state index is 0.0454. The first-order valence-electron chi connectivity index (χ1n) is 12.7. The topological polar surface area (TPSA) is 70.1 Å². The van der Waals surface area contributed by atoms with Gasteiger partial charge in [0.25, 0.3) is 11.7 Å². The number of hydrogen-bond donors (Lipinski definition) is 1. The maximum absolute atomic E-state index is 13.5. The lowest BCUT2D eigenvalue weighted by Gasteiger charge is -2.27. The molecule has 3 aromatic carbocycles. The van der Waals surface area contributed by atoms with Gasteiger partial charge >= 0.3 is 0 Å². The van der Waals surface area contributed by atoms with Crippen LogP contribution in [0.3, 0.4) is 0 Å². The summed E-state index contributed by atoms with van der Waals surface area (Å²) in [6, 6.07) is 20.1. The van der Waals surface area contributed by atoms with Gasteiger partial charge in [0.15, 0.2) is 0 Å². The van der Waals surface area contributed by atoms with Crippen LogP contribution in [0.1, 0.15) is 49.1 Å². The van der Waals surface area contributed by atoms with Crippen LogP contribution in [-0.4, -0.2) is 37.0 Å². The number of hydrogen-bond acceptors (Lipinski definition) is 5. The average molecular weight is 499 g/mol. The van der Waals surface area contributed by atoms with Gasteiger partial charge < -0.3 is 14.7 Å². The molecule has 0 bridgehead atoms. The maximum atomic E-state index is 13.5. The number of aliphatic hydroxyl groups excluding tert-OH is 1. The molecule has 0 radical (unpaired) electrons. The van der Waals surface area contributed by atoms with Crippen LogP contribution < -0.4 is 14.5 Å². The van der Waals surface area contributed by atoms with Crippen LogP contribution in [0, 0.1) is 6.92 Å². The van der Waals surface area contributed by atoms with Crippen molar-refractivity contribution in [3.8, 4) is 5.75 Å². The zero-order valence-electron chi connectivity index (χ0n) is 22.1. The van der Waals surface area contributed by atoms with Gasteiger partial charge in [-0.2, -0.15) is 0 Å². The zero-order valence-corrected chi connectivity index (χ0v) is 22.1. The first-order chi connectivity index (χ1) is 17.8. The largest absolute Gasteiger partial charge is 0.507 e. The molecule has 0 aliphatic carbocycles. The zero-order chi connectivity index (χ0) is 26.7. The van der Waals surface area contributed by atoms with E-state index in [1.54, 1.807) is 12.1 Å². The van der Waals surface area contributed by atoms with E-state index < -0.39 is 17.7 Å². The fraction of sp³-hybridized carbons (Fsp3) is 0.290. The molecule has 1 heterocycles. The number of anilines is 2. The molecule has 4 rings (SSSR count). The molecule has 1 fully saturated rings. The molecule has 1 N–H and O–H groups in total. The Balaban J connectivity index is 1.93. The minimum Gasteiger partial charge on any atom is -0.507 e. The number of aryl methyl sites for hydroxylation is 2. The van der Waals surface area contributed by atoms with E-state index >= 15 is 0 Å². The summed E-state index contributed by atoms with van der Waals surface area (Å²) in [4.78, 5) is 30.7. The predicted molar refractivity (Wildman–Crippen MR) is 148 cm³/mol. The summed E-state index contributed by atoms with van der Waals surface area (Å²) >= 11 is 0. The fourth-order valence-corrected chi connectivity index (χ4v) is 4.91. The third kappa shape index (κ3) is 4.84. The molecule has 1 atom stereocenters. The van der Waals surface area contributed by atoms with Crippen molar-refractivity contribution in [2.45, 2.75) is 40.2 Å². The number of carbonyl (C=O) groups is 2. The lowest BCUT2D eigenvalue weighted by molar-refractivity contribution is -0.132. The molecule has 1 aliphatic heterocycles. The van der Waals surface area contributed by atoms with Crippen molar-refractivity contribution in [2.24, 2.45) is 0 Å². The second kappa shape index (κ2) is 10.9. The van der Waals surface area contributed by atoms with Gasteiger partial charge in [0.2, 0.25) is 0 Å². The first-order valence-corrected chi connectivity index (χ1v) is 12.7. The molecule has 1 unspecified atom stereocenters. The molecular formula is C31H34N2O4. The van der Waals surface area contributed by atoms with Gasteiger partial charge in [0.1, 0.15) is 11.5 Å². The molecule has 1 amide bonds. The van der Waals surface area contributed by atoms with Crippen LogP contribution in [-0.2, 0) is 16.0 Å². The Bertz CT molecular complexity index is 1320. The number of benzene rings is 3. The summed E-state index contributed by atoms with van der Waals surface area (Å²) in [6.07, 6.45) is 0.864. The van der Waals surface area contributed by atoms with E-state index in [-0.39, 0.29) is 11.3 Å². The highest BCUT2D eigenvalue weighted by Gasteiger charge is 2.47. The summed E-state index contributed by atoms with van der Waals surface area (Å²) < 4.78 is 5.48. The minimum atomic E-state index is -0.788. The van der Waals surface area contributed by atoms with E-state index in [0.29, 0.717) is 17.0 Å². The van der Waals surface area contributed by atoms with Crippen molar-refractivity contribution in [1.29, 1.82) is 0 Å².